The van der Waals surface area contributed by atoms with E-state index in [2.05, 4.69) is 10.3 Å². The standard InChI is InChI=1S/C11H17F3N2S/c1-5-15-6-7-8(10(2,3)4)16-9(17-7)11(12,13)14/h15H,5-6H2,1-4H3. The quantitative estimate of drug-likeness (QED) is 0.904. The van der Waals surface area contributed by atoms with Gasteiger partial charge < -0.3 is 5.32 Å². The van der Waals surface area contributed by atoms with Gasteiger partial charge in [-0.15, -0.1) is 11.3 Å². The van der Waals surface area contributed by atoms with Crippen molar-refractivity contribution < 1.29 is 13.2 Å². The van der Waals surface area contributed by atoms with Gasteiger partial charge in [0.25, 0.3) is 0 Å². The monoisotopic (exact) mass is 266 g/mol. The van der Waals surface area contributed by atoms with Crippen molar-refractivity contribution >= 4 is 11.3 Å². The van der Waals surface area contributed by atoms with Crippen LogP contribution in [0, 0.1) is 0 Å². The molecule has 0 aliphatic rings. The molecule has 0 bridgehead atoms. The first kappa shape index (κ1) is 14.4. The number of rotatable bonds is 3. The summed E-state index contributed by atoms with van der Waals surface area (Å²) in [4.78, 5) is 4.43. The lowest BCUT2D eigenvalue weighted by Crippen LogP contribution is -2.18. The number of hydrogen-bond acceptors (Lipinski definition) is 3. The van der Waals surface area contributed by atoms with Crippen molar-refractivity contribution in [2.45, 2.75) is 45.8 Å². The fraction of sp³-hybridized carbons (Fsp3) is 0.727. The van der Waals surface area contributed by atoms with E-state index in [4.69, 9.17) is 0 Å². The highest BCUT2D eigenvalue weighted by Crippen LogP contribution is 2.37. The molecule has 0 aliphatic carbocycles. The Balaban J connectivity index is 3.13. The molecule has 0 aromatic carbocycles. The summed E-state index contributed by atoms with van der Waals surface area (Å²) in [5.41, 5.74) is 0.167. The summed E-state index contributed by atoms with van der Waals surface area (Å²) in [7, 11) is 0. The van der Waals surface area contributed by atoms with E-state index in [1.807, 2.05) is 27.7 Å². The average molecular weight is 266 g/mol. The van der Waals surface area contributed by atoms with Crippen LogP contribution in [-0.2, 0) is 18.1 Å². The summed E-state index contributed by atoms with van der Waals surface area (Å²) >= 11 is 0.735. The molecule has 0 unspecified atom stereocenters. The number of nitrogens with one attached hydrogen (secondary N) is 1. The maximum Gasteiger partial charge on any atom is 0.443 e. The third-order valence-electron chi connectivity index (χ3n) is 2.19. The molecule has 2 nitrogen and oxygen atoms in total. The molecular formula is C11H17F3N2S. The molecule has 1 aromatic heterocycles. The Morgan fingerprint density at radius 1 is 1.24 bits per heavy atom. The molecule has 1 heterocycles. The SMILES string of the molecule is CCNCc1sc(C(F)(F)F)nc1C(C)(C)C. The molecule has 1 aromatic rings. The number of alkyl halides is 3. The van der Waals surface area contributed by atoms with Gasteiger partial charge in [-0.1, -0.05) is 27.7 Å². The zero-order valence-corrected chi connectivity index (χ0v) is 11.2. The largest absolute Gasteiger partial charge is 0.443 e. The summed E-state index contributed by atoms with van der Waals surface area (Å²) in [5.74, 6) is 0. The summed E-state index contributed by atoms with van der Waals surface area (Å²) in [6.07, 6.45) is -4.35. The van der Waals surface area contributed by atoms with Crippen molar-refractivity contribution in [1.82, 2.24) is 10.3 Å². The van der Waals surface area contributed by atoms with E-state index < -0.39 is 11.2 Å². The minimum absolute atomic E-state index is 0.370. The molecule has 0 saturated heterocycles. The number of thiazole rings is 1. The molecule has 6 heteroatoms. The van der Waals surface area contributed by atoms with Gasteiger partial charge in [0.05, 0.1) is 5.69 Å². The minimum atomic E-state index is -4.35. The van der Waals surface area contributed by atoms with Crippen LogP contribution in [0.15, 0.2) is 0 Å². The highest BCUT2D eigenvalue weighted by Gasteiger charge is 2.37. The molecule has 1 rings (SSSR count). The van der Waals surface area contributed by atoms with E-state index in [9.17, 15) is 13.2 Å². The molecule has 98 valence electrons. The van der Waals surface area contributed by atoms with Crippen LogP contribution in [0.25, 0.3) is 0 Å². The Hall–Kier alpha value is -0.620. The summed E-state index contributed by atoms with van der Waals surface area (Å²) in [6, 6.07) is 0. The number of aromatic nitrogens is 1. The summed E-state index contributed by atoms with van der Waals surface area (Å²) in [6.45, 7) is 8.70. The van der Waals surface area contributed by atoms with Gasteiger partial charge in [-0.05, 0) is 6.54 Å². The number of halogens is 3. The van der Waals surface area contributed by atoms with Gasteiger partial charge in [-0.2, -0.15) is 13.2 Å². The summed E-state index contributed by atoms with van der Waals surface area (Å²) < 4.78 is 37.9. The van der Waals surface area contributed by atoms with Gasteiger partial charge in [-0.3, -0.25) is 0 Å². The van der Waals surface area contributed by atoms with Crippen molar-refractivity contribution in [3.8, 4) is 0 Å². The molecule has 0 fully saturated rings. The van der Waals surface area contributed by atoms with Crippen molar-refractivity contribution in [1.29, 1.82) is 0 Å². The lowest BCUT2D eigenvalue weighted by Gasteiger charge is -2.17. The molecule has 0 aliphatic heterocycles. The first-order valence-corrected chi connectivity index (χ1v) is 6.26. The van der Waals surface area contributed by atoms with E-state index in [1.54, 1.807) is 0 Å². The first-order chi connectivity index (χ1) is 7.66. The number of nitrogens with zero attached hydrogens (tertiary/aromatic N) is 1. The molecule has 0 spiro atoms. The fourth-order valence-electron chi connectivity index (χ4n) is 1.42. The predicted molar refractivity (Wildman–Crippen MR) is 63.2 cm³/mol. The zero-order chi connectivity index (χ0) is 13.3. The first-order valence-electron chi connectivity index (χ1n) is 5.44. The molecule has 0 amide bonds. The molecule has 0 radical (unpaired) electrons. The second-order valence-electron chi connectivity index (χ2n) is 4.82. The third kappa shape index (κ3) is 3.67. The van der Waals surface area contributed by atoms with Gasteiger partial charge in [-0.25, -0.2) is 4.98 Å². The highest BCUT2D eigenvalue weighted by atomic mass is 32.1. The Labute approximate surface area is 103 Å². The normalized spacial score (nSPS) is 13.1. The molecule has 0 saturated carbocycles. The van der Waals surface area contributed by atoms with E-state index in [0.717, 1.165) is 17.9 Å². The van der Waals surface area contributed by atoms with E-state index >= 15 is 0 Å². The maximum atomic E-state index is 12.6. The second-order valence-corrected chi connectivity index (χ2v) is 5.90. The lowest BCUT2D eigenvalue weighted by molar-refractivity contribution is -0.137. The summed E-state index contributed by atoms with van der Waals surface area (Å²) in [5, 5.41) is 2.29. The third-order valence-corrected chi connectivity index (χ3v) is 3.29. The van der Waals surface area contributed by atoms with Crippen molar-refractivity contribution in [3.63, 3.8) is 0 Å². The zero-order valence-electron chi connectivity index (χ0n) is 10.4. The van der Waals surface area contributed by atoms with Crippen LogP contribution in [0.5, 0.6) is 0 Å². The van der Waals surface area contributed by atoms with Crippen LogP contribution in [-0.4, -0.2) is 11.5 Å². The van der Waals surface area contributed by atoms with Gasteiger partial charge >= 0.3 is 6.18 Å². The van der Waals surface area contributed by atoms with Crippen LogP contribution >= 0.6 is 11.3 Å². The fourth-order valence-corrected chi connectivity index (χ4v) is 2.53. The number of hydrogen-bond donors (Lipinski definition) is 1. The van der Waals surface area contributed by atoms with Crippen LogP contribution in [0.1, 0.15) is 43.3 Å². The van der Waals surface area contributed by atoms with Crippen LogP contribution in [0.2, 0.25) is 0 Å². The molecular weight excluding hydrogens is 249 g/mol. The predicted octanol–water partition coefficient (Wildman–Crippen LogP) is 3.57. The molecule has 1 N–H and O–H groups in total. The van der Waals surface area contributed by atoms with Gasteiger partial charge in [0.1, 0.15) is 0 Å². The van der Waals surface area contributed by atoms with Crippen molar-refractivity contribution in [2.24, 2.45) is 0 Å². The smallest absolute Gasteiger partial charge is 0.312 e. The van der Waals surface area contributed by atoms with Crippen LogP contribution in [0.3, 0.4) is 0 Å². The Kier molecular flexibility index (Phi) is 4.19. The van der Waals surface area contributed by atoms with Crippen molar-refractivity contribution in [2.75, 3.05) is 6.54 Å². The van der Waals surface area contributed by atoms with Gasteiger partial charge in [0, 0.05) is 16.8 Å². The topological polar surface area (TPSA) is 24.9 Å². The van der Waals surface area contributed by atoms with E-state index in [0.29, 0.717) is 17.1 Å². The molecule has 17 heavy (non-hydrogen) atoms. The Morgan fingerprint density at radius 3 is 2.24 bits per heavy atom. The van der Waals surface area contributed by atoms with E-state index in [-0.39, 0.29) is 5.41 Å². The molecule has 0 atom stereocenters. The van der Waals surface area contributed by atoms with Gasteiger partial charge in [0.2, 0.25) is 0 Å². The highest BCUT2D eigenvalue weighted by molar-refractivity contribution is 7.11. The van der Waals surface area contributed by atoms with Crippen LogP contribution < -0.4 is 5.32 Å². The Morgan fingerprint density at radius 2 is 1.82 bits per heavy atom. The van der Waals surface area contributed by atoms with Crippen LogP contribution in [0.4, 0.5) is 13.2 Å². The second kappa shape index (κ2) is 4.94. The maximum absolute atomic E-state index is 12.6. The van der Waals surface area contributed by atoms with Gasteiger partial charge in [0.15, 0.2) is 5.01 Å². The average Bonchev–Trinajstić information content (AvgIpc) is 2.56. The Bertz CT molecular complexity index is 377. The minimum Gasteiger partial charge on any atom is -0.312 e. The lowest BCUT2D eigenvalue weighted by atomic mass is 9.91. The van der Waals surface area contributed by atoms with Crippen molar-refractivity contribution in [3.05, 3.63) is 15.6 Å². The van der Waals surface area contributed by atoms with E-state index in [1.165, 1.54) is 0 Å².